The maximum Gasteiger partial charge on any atom is 0.0522 e. The van der Waals surface area contributed by atoms with E-state index in [0.717, 1.165) is 19.3 Å². The fraction of sp³-hybridized carbons (Fsp3) is 0.625. The Balaban J connectivity index is 2.26. The van der Waals surface area contributed by atoms with E-state index in [-0.39, 0.29) is 0 Å². The molecule has 60 valence electrons. The maximum atomic E-state index is 5.86. The van der Waals surface area contributed by atoms with Gasteiger partial charge in [-0.1, -0.05) is 0 Å². The molecule has 2 rings (SSSR count). The molecule has 0 spiro atoms. The molecule has 0 aliphatic heterocycles. The Bertz CT molecular complexity index is 241. The lowest BCUT2D eigenvalue weighted by molar-refractivity contribution is 0.595. The minimum Gasteiger partial charge on any atom is -0.327 e. The van der Waals surface area contributed by atoms with Gasteiger partial charge in [0.2, 0.25) is 0 Å². The number of aryl methyl sites for hydroxylation is 1. The average Bonchev–Trinajstić information content (AvgIpc) is 2.31. The lowest BCUT2D eigenvalue weighted by atomic mass is 10.1. The third-order valence-corrected chi connectivity index (χ3v) is 2.29. The third-order valence-electron chi connectivity index (χ3n) is 2.29. The molecule has 1 aliphatic carbocycles. The van der Waals surface area contributed by atoms with Crippen LogP contribution < -0.4 is 5.73 Å². The second-order valence-electron chi connectivity index (χ2n) is 3.23. The van der Waals surface area contributed by atoms with Crippen LogP contribution in [-0.4, -0.2) is 16.2 Å². The summed E-state index contributed by atoms with van der Waals surface area (Å²) < 4.78 is 0. The summed E-state index contributed by atoms with van der Waals surface area (Å²) in [4.78, 5) is 0. The standard InChI is InChI=1S/C8H13N3/c9-7-3-1-2-6-5-10-11-8(6)4-7/h5,7H,1-4,9H2,(H,10,11)/t7-/m1/s1. The molecule has 0 aromatic carbocycles. The summed E-state index contributed by atoms with van der Waals surface area (Å²) in [6.07, 6.45) is 6.37. The van der Waals surface area contributed by atoms with Gasteiger partial charge >= 0.3 is 0 Å². The largest absolute Gasteiger partial charge is 0.327 e. The molecule has 1 aromatic heterocycles. The number of hydrogen-bond acceptors (Lipinski definition) is 2. The first kappa shape index (κ1) is 6.85. The number of aromatic nitrogens is 2. The van der Waals surface area contributed by atoms with Gasteiger partial charge in [0.25, 0.3) is 0 Å². The highest BCUT2D eigenvalue weighted by Crippen LogP contribution is 2.16. The quantitative estimate of drug-likeness (QED) is 0.534. The van der Waals surface area contributed by atoms with E-state index in [9.17, 15) is 0 Å². The van der Waals surface area contributed by atoms with E-state index >= 15 is 0 Å². The topological polar surface area (TPSA) is 54.7 Å². The van der Waals surface area contributed by atoms with E-state index < -0.39 is 0 Å². The van der Waals surface area contributed by atoms with Crippen molar-refractivity contribution in [2.45, 2.75) is 31.7 Å². The van der Waals surface area contributed by atoms with Gasteiger partial charge in [-0.15, -0.1) is 0 Å². The molecule has 0 amide bonds. The van der Waals surface area contributed by atoms with E-state index in [1.165, 1.54) is 17.7 Å². The summed E-state index contributed by atoms with van der Waals surface area (Å²) in [5.74, 6) is 0. The zero-order chi connectivity index (χ0) is 7.68. The molecule has 1 heterocycles. The fourth-order valence-corrected chi connectivity index (χ4v) is 1.65. The Labute approximate surface area is 66.0 Å². The first-order chi connectivity index (χ1) is 5.36. The van der Waals surface area contributed by atoms with Gasteiger partial charge in [-0.05, 0) is 24.8 Å². The van der Waals surface area contributed by atoms with E-state index in [2.05, 4.69) is 10.2 Å². The molecule has 1 aliphatic rings. The van der Waals surface area contributed by atoms with Crippen molar-refractivity contribution in [3.05, 3.63) is 17.5 Å². The predicted octanol–water partition coefficient (Wildman–Crippen LogP) is 0.616. The van der Waals surface area contributed by atoms with Gasteiger partial charge in [0.1, 0.15) is 0 Å². The minimum absolute atomic E-state index is 0.330. The molecule has 0 saturated heterocycles. The van der Waals surface area contributed by atoms with Crippen molar-refractivity contribution in [2.24, 2.45) is 5.73 Å². The van der Waals surface area contributed by atoms with Crippen LogP contribution in [0.25, 0.3) is 0 Å². The van der Waals surface area contributed by atoms with E-state index in [1.807, 2.05) is 6.20 Å². The summed E-state index contributed by atoms with van der Waals surface area (Å²) in [6.45, 7) is 0. The molecule has 3 N–H and O–H groups in total. The average molecular weight is 151 g/mol. The zero-order valence-corrected chi connectivity index (χ0v) is 6.51. The fourth-order valence-electron chi connectivity index (χ4n) is 1.65. The Morgan fingerprint density at radius 2 is 2.55 bits per heavy atom. The van der Waals surface area contributed by atoms with E-state index in [4.69, 9.17) is 5.73 Å². The number of H-pyrrole nitrogens is 1. The summed E-state index contributed by atoms with van der Waals surface area (Å²) in [5.41, 5.74) is 8.47. The highest BCUT2D eigenvalue weighted by atomic mass is 15.1. The third kappa shape index (κ3) is 1.28. The van der Waals surface area contributed by atoms with Crippen molar-refractivity contribution in [3.8, 4) is 0 Å². The van der Waals surface area contributed by atoms with Crippen molar-refractivity contribution in [3.63, 3.8) is 0 Å². The first-order valence-corrected chi connectivity index (χ1v) is 4.13. The molecule has 3 nitrogen and oxygen atoms in total. The maximum absolute atomic E-state index is 5.86. The number of nitrogens with zero attached hydrogens (tertiary/aromatic N) is 1. The lowest BCUT2D eigenvalue weighted by Gasteiger charge is -2.04. The van der Waals surface area contributed by atoms with Crippen LogP contribution >= 0.6 is 0 Å². The SMILES string of the molecule is N[C@@H]1CCCc2cn[nH]c2C1. The number of aromatic amines is 1. The molecule has 1 aromatic rings. The van der Waals surface area contributed by atoms with Crippen LogP contribution in [0.4, 0.5) is 0 Å². The van der Waals surface area contributed by atoms with Gasteiger partial charge in [-0.3, -0.25) is 5.10 Å². The van der Waals surface area contributed by atoms with Crippen LogP contribution in [0.5, 0.6) is 0 Å². The Morgan fingerprint density at radius 1 is 1.64 bits per heavy atom. The van der Waals surface area contributed by atoms with Gasteiger partial charge in [-0.25, -0.2) is 0 Å². The highest BCUT2D eigenvalue weighted by molar-refractivity contribution is 5.18. The van der Waals surface area contributed by atoms with Gasteiger partial charge in [0.15, 0.2) is 0 Å². The number of fused-ring (bicyclic) bond motifs is 1. The van der Waals surface area contributed by atoms with Crippen molar-refractivity contribution in [2.75, 3.05) is 0 Å². The van der Waals surface area contributed by atoms with Gasteiger partial charge < -0.3 is 5.73 Å². The molecule has 0 fully saturated rings. The molecule has 1 atom stereocenters. The number of nitrogens with two attached hydrogens (primary N) is 1. The molecule has 0 radical (unpaired) electrons. The summed E-state index contributed by atoms with van der Waals surface area (Å²) in [6, 6.07) is 0.330. The van der Waals surface area contributed by atoms with Gasteiger partial charge in [-0.2, -0.15) is 5.10 Å². The van der Waals surface area contributed by atoms with Crippen molar-refractivity contribution < 1.29 is 0 Å². The Kier molecular flexibility index (Phi) is 1.66. The van der Waals surface area contributed by atoms with Crippen LogP contribution in [-0.2, 0) is 12.8 Å². The monoisotopic (exact) mass is 151 g/mol. The highest BCUT2D eigenvalue weighted by Gasteiger charge is 2.14. The van der Waals surface area contributed by atoms with Crippen molar-refractivity contribution >= 4 is 0 Å². The van der Waals surface area contributed by atoms with Crippen molar-refractivity contribution in [1.29, 1.82) is 0 Å². The van der Waals surface area contributed by atoms with Crippen LogP contribution in [0, 0.1) is 0 Å². The van der Waals surface area contributed by atoms with E-state index in [1.54, 1.807) is 0 Å². The lowest BCUT2D eigenvalue weighted by Crippen LogP contribution is -2.21. The van der Waals surface area contributed by atoms with Crippen molar-refractivity contribution in [1.82, 2.24) is 10.2 Å². The second kappa shape index (κ2) is 2.66. The van der Waals surface area contributed by atoms with Crippen LogP contribution in [0.1, 0.15) is 24.1 Å². The molecular formula is C8H13N3. The Hall–Kier alpha value is -0.830. The first-order valence-electron chi connectivity index (χ1n) is 4.13. The molecule has 3 heteroatoms. The number of hydrogen-bond donors (Lipinski definition) is 2. The van der Waals surface area contributed by atoms with Gasteiger partial charge in [0, 0.05) is 18.2 Å². The molecule has 11 heavy (non-hydrogen) atoms. The molecule has 0 saturated carbocycles. The van der Waals surface area contributed by atoms with E-state index in [0.29, 0.717) is 6.04 Å². The molecular weight excluding hydrogens is 138 g/mol. The van der Waals surface area contributed by atoms with Crippen LogP contribution in [0.15, 0.2) is 6.20 Å². The van der Waals surface area contributed by atoms with Crippen LogP contribution in [0.3, 0.4) is 0 Å². The smallest absolute Gasteiger partial charge is 0.0522 e. The summed E-state index contributed by atoms with van der Waals surface area (Å²) >= 11 is 0. The number of nitrogens with one attached hydrogen (secondary N) is 1. The molecule has 0 unspecified atom stereocenters. The number of rotatable bonds is 0. The normalized spacial score (nSPS) is 24.3. The zero-order valence-electron chi connectivity index (χ0n) is 6.51. The summed E-state index contributed by atoms with van der Waals surface area (Å²) in [7, 11) is 0. The predicted molar refractivity (Wildman–Crippen MR) is 43.2 cm³/mol. The summed E-state index contributed by atoms with van der Waals surface area (Å²) in [5, 5.41) is 7.00. The Morgan fingerprint density at radius 3 is 3.45 bits per heavy atom. The van der Waals surface area contributed by atoms with Gasteiger partial charge in [0.05, 0.1) is 6.20 Å². The minimum atomic E-state index is 0.330. The van der Waals surface area contributed by atoms with Crippen LogP contribution in [0.2, 0.25) is 0 Å². The molecule has 0 bridgehead atoms. The second-order valence-corrected chi connectivity index (χ2v) is 3.23.